The molecule has 0 bridgehead atoms. The second-order valence-corrected chi connectivity index (χ2v) is 5.66. The van der Waals surface area contributed by atoms with Crippen LogP contribution in [0.4, 0.5) is 0 Å². The van der Waals surface area contributed by atoms with E-state index in [4.69, 9.17) is 4.74 Å². The summed E-state index contributed by atoms with van der Waals surface area (Å²) in [7, 11) is 0. The Labute approximate surface area is 108 Å². The second-order valence-electron chi connectivity index (χ2n) is 5.66. The first kappa shape index (κ1) is 12.1. The molecule has 1 aromatic rings. The fraction of sp³-hybridized carbons (Fsp3) is 0.846. The van der Waals surface area contributed by atoms with Gasteiger partial charge in [0.1, 0.15) is 12.2 Å². The summed E-state index contributed by atoms with van der Waals surface area (Å²) in [5.74, 6) is 1.82. The van der Waals surface area contributed by atoms with E-state index in [2.05, 4.69) is 29.2 Å². The Morgan fingerprint density at radius 1 is 1.44 bits per heavy atom. The normalized spacial score (nSPS) is 28.2. The average Bonchev–Trinajstić information content (AvgIpc) is 2.92. The van der Waals surface area contributed by atoms with Crippen molar-refractivity contribution in [3.05, 3.63) is 12.2 Å². The lowest BCUT2D eigenvalue weighted by Crippen LogP contribution is -2.37. The van der Waals surface area contributed by atoms with Gasteiger partial charge in [-0.25, -0.2) is 9.67 Å². The van der Waals surface area contributed by atoms with Gasteiger partial charge in [-0.15, -0.1) is 0 Å². The third-order valence-electron chi connectivity index (χ3n) is 3.88. The van der Waals surface area contributed by atoms with E-state index in [1.807, 2.05) is 4.68 Å². The fourth-order valence-electron chi connectivity index (χ4n) is 2.77. The summed E-state index contributed by atoms with van der Waals surface area (Å²) >= 11 is 0. The summed E-state index contributed by atoms with van der Waals surface area (Å²) in [6.07, 6.45) is 5.87. The number of nitrogens with zero attached hydrogens (tertiary/aromatic N) is 3. The SMILES string of the molecule is CC(C)n1ncnc1CNC1CCOC1C1CC1. The number of ether oxygens (including phenoxy) is 1. The maximum Gasteiger partial charge on any atom is 0.141 e. The molecule has 1 aliphatic heterocycles. The highest BCUT2D eigenvalue weighted by Gasteiger charge is 2.40. The first-order valence-corrected chi connectivity index (χ1v) is 6.99. The van der Waals surface area contributed by atoms with E-state index in [0.29, 0.717) is 18.2 Å². The van der Waals surface area contributed by atoms with Crippen molar-refractivity contribution in [2.45, 2.75) is 57.8 Å². The predicted molar refractivity (Wildman–Crippen MR) is 68.1 cm³/mol. The van der Waals surface area contributed by atoms with Crippen molar-refractivity contribution in [2.24, 2.45) is 5.92 Å². The number of hydrogen-bond acceptors (Lipinski definition) is 4. The average molecular weight is 250 g/mol. The monoisotopic (exact) mass is 250 g/mol. The van der Waals surface area contributed by atoms with Crippen LogP contribution in [0.3, 0.4) is 0 Å². The molecule has 5 nitrogen and oxygen atoms in total. The van der Waals surface area contributed by atoms with Crippen molar-refractivity contribution < 1.29 is 4.74 Å². The highest BCUT2D eigenvalue weighted by molar-refractivity contribution is 4.95. The summed E-state index contributed by atoms with van der Waals surface area (Å²) in [5.41, 5.74) is 0. The minimum atomic E-state index is 0.364. The van der Waals surface area contributed by atoms with E-state index in [1.54, 1.807) is 6.33 Å². The smallest absolute Gasteiger partial charge is 0.141 e. The Balaban J connectivity index is 1.58. The molecule has 5 heteroatoms. The van der Waals surface area contributed by atoms with Crippen molar-refractivity contribution >= 4 is 0 Å². The molecule has 2 atom stereocenters. The van der Waals surface area contributed by atoms with Crippen LogP contribution >= 0.6 is 0 Å². The molecular formula is C13H22N4O. The van der Waals surface area contributed by atoms with Crippen LogP contribution in [-0.4, -0.2) is 33.5 Å². The molecular weight excluding hydrogens is 228 g/mol. The molecule has 2 unspecified atom stereocenters. The lowest BCUT2D eigenvalue weighted by atomic mass is 10.1. The van der Waals surface area contributed by atoms with E-state index < -0.39 is 0 Å². The van der Waals surface area contributed by atoms with Gasteiger partial charge in [0.15, 0.2) is 0 Å². The Morgan fingerprint density at radius 2 is 2.28 bits per heavy atom. The predicted octanol–water partition coefficient (Wildman–Crippen LogP) is 1.52. The number of aromatic nitrogens is 3. The molecule has 2 heterocycles. The van der Waals surface area contributed by atoms with Crippen molar-refractivity contribution in [3.63, 3.8) is 0 Å². The largest absolute Gasteiger partial charge is 0.376 e. The van der Waals surface area contributed by atoms with Crippen molar-refractivity contribution in [3.8, 4) is 0 Å². The number of nitrogens with one attached hydrogen (secondary N) is 1. The molecule has 100 valence electrons. The van der Waals surface area contributed by atoms with Gasteiger partial charge in [0, 0.05) is 18.7 Å². The van der Waals surface area contributed by atoms with Gasteiger partial charge in [-0.3, -0.25) is 0 Å². The van der Waals surface area contributed by atoms with E-state index in [1.165, 1.54) is 12.8 Å². The van der Waals surface area contributed by atoms with Gasteiger partial charge in [-0.1, -0.05) is 0 Å². The van der Waals surface area contributed by atoms with Crippen molar-refractivity contribution in [1.82, 2.24) is 20.1 Å². The molecule has 0 amide bonds. The highest BCUT2D eigenvalue weighted by atomic mass is 16.5. The fourth-order valence-corrected chi connectivity index (χ4v) is 2.77. The third kappa shape index (κ3) is 2.42. The Bertz CT molecular complexity index is 399. The van der Waals surface area contributed by atoms with Gasteiger partial charge >= 0.3 is 0 Å². The van der Waals surface area contributed by atoms with Crippen LogP contribution in [0.5, 0.6) is 0 Å². The van der Waals surface area contributed by atoms with Gasteiger partial charge in [0.2, 0.25) is 0 Å². The third-order valence-corrected chi connectivity index (χ3v) is 3.88. The van der Waals surface area contributed by atoms with E-state index >= 15 is 0 Å². The topological polar surface area (TPSA) is 52.0 Å². The van der Waals surface area contributed by atoms with Gasteiger partial charge in [0.25, 0.3) is 0 Å². The molecule has 0 spiro atoms. The van der Waals surface area contributed by atoms with Gasteiger partial charge in [-0.05, 0) is 39.0 Å². The van der Waals surface area contributed by atoms with Crippen LogP contribution < -0.4 is 5.32 Å². The zero-order valence-electron chi connectivity index (χ0n) is 11.2. The molecule has 2 aliphatic rings. The summed E-state index contributed by atoms with van der Waals surface area (Å²) in [6.45, 7) is 5.94. The molecule has 1 N–H and O–H groups in total. The van der Waals surface area contributed by atoms with Crippen molar-refractivity contribution in [1.29, 1.82) is 0 Å². The lowest BCUT2D eigenvalue weighted by Gasteiger charge is -2.19. The first-order valence-electron chi connectivity index (χ1n) is 6.99. The second kappa shape index (κ2) is 4.97. The highest BCUT2D eigenvalue weighted by Crippen LogP contribution is 2.38. The first-order chi connectivity index (χ1) is 8.75. The molecule has 1 aromatic heterocycles. The maximum atomic E-state index is 5.83. The van der Waals surface area contributed by atoms with E-state index in [-0.39, 0.29) is 0 Å². The van der Waals surface area contributed by atoms with Crippen LogP contribution in [0.15, 0.2) is 6.33 Å². The van der Waals surface area contributed by atoms with Crippen LogP contribution in [-0.2, 0) is 11.3 Å². The summed E-state index contributed by atoms with van der Waals surface area (Å²) in [5, 5.41) is 7.86. The van der Waals surface area contributed by atoms with Crippen LogP contribution in [0.1, 0.15) is 45.0 Å². The van der Waals surface area contributed by atoms with E-state index in [9.17, 15) is 0 Å². The molecule has 0 radical (unpaired) electrons. The molecule has 1 aliphatic carbocycles. The minimum Gasteiger partial charge on any atom is -0.376 e. The summed E-state index contributed by atoms with van der Waals surface area (Å²) in [4.78, 5) is 4.33. The van der Waals surface area contributed by atoms with Gasteiger partial charge < -0.3 is 10.1 Å². The Hall–Kier alpha value is -0.940. The van der Waals surface area contributed by atoms with Gasteiger partial charge in [0.05, 0.1) is 12.6 Å². The molecule has 1 saturated heterocycles. The van der Waals surface area contributed by atoms with Crippen LogP contribution in [0.2, 0.25) is 0 Å². The summed E-state index contributed by atoms with van der Waals surface area (Å²) in [6, 6.07) is 0.859. The number of rotatable bonds is 5. The molecule has 2 fully saturated rings. The minimum absolute atomic E-state index is 0.364. The van der Waals surface area contributed by atoms with Gasteiger partial charge in [-0.2, -0.15) is 5.10 Å². The van der Waals surface area contributed by atoms with E-state index in [0.717, 1.165) is 31.3 Å². The Kier molecular flexibility index (Phi) is 3.35. The maximum absolute atomic E-state index is 5.83. The molecule has 1 saturated carbocycles. The zero-order valence-corrected chi connectivity index (χ0v) is 11.2. The lowest BCUT2D eigenvalue weighted by molar-refractivity contribution is 0.0806. The molecule has 0 aromatic carbocycles. The standard InChI is InChI=1S/C13H22N4O/c1-9(2)17-12(15-8-16-17)7-14-11-5-6-18-13(11)10-3-4-10/h8-11,13-14H,3-7H2,1-2H3. The quantitative estimate of drug-likeness (QED) is 0.860. The van der Waals surface area contributed by atoms with Crippen molar-refractivity contribution in [2.75, 3.05) is 6.61 Å². The number of hydrogen-bond donors (Lipinski definition) is 1. The van der Waals surface area contributed by atoms with Crippen LogP contribution in [0.25, 0.3) is 0 Å². The zero-order chi connectivity index (χ0) is 12.5. The van der Waals surface area contributed by atoms with Crippen LogP contribution in [0, 0.1) is 5.92 Å². The molecule has 3 rings (SSSR count). The Morgan fingerprint density at radius 3 is 3.00 bits per heavy atom. The summed E-state index contributed by atoms with van der Waals surface area (Å²) < 4.78 is 7.81. The molecule has 18 heavy (non-hydrogen) atoms.